The van der Waals surface area contributed by atoms with Crippen LogP contribution in [0, 0.1) is 11.3 Å². The molecule has 1 N–H and O–H groups in total. The summed E-state index contributed by atoms with van der Waals surface area (Å²) in [5.74, 6) is 0.931. The first-order valence-electron chi connectivity index (χ1n) is 7.42. The fourth-order valence-electron chi connectivity index (χ4n) is 3.68. The predicted molar refractivity (Wildman–Crippen MR) is 74.2 cm³/mol. The number of piperidine rings is 1. The van der Waals surface area contributed by atoms with E-state index in [2.05, 4.69) is 38.0 Å². The fourth-order valence-corrected chi connectivity index (χ4v) is 3.68. The van der Waals surface area contributed by atoms with Gasteiger partial charge in [0, 0.05) is 12.1 Å². The van der Waals surface area contributed by atoms with E-state index >= 15 is 0 Å². The molecule has 0 radical (unpaired) electrons. The first-order valence-corrected chi connectivity index (χ1v) is 7.42. The normalized spacial score (nSPS) is 33.2. The Bertz CT molecular complexity index is 236. The lowest BCUT2D eigenvalue weighted by Crippen LogP contribution is -2.43. The Morgan fingerprint density at radius 2 is 1.65 bits per heavy atom. The lowest BCUT2D eigenvalue weighted by atomic mass is 9.75. The van der Waals surface area contributed by atoms with Gasteiger partial charge < -0.3 is 10.2 Å². The Morgan fingerprint density at radius 3 is 2.12 bits per heavy atom. The van der Waals surface area contributed by atoms with E-state index in [0.717, 1.165) is 18.0 Å². The topological polar surface area (TPSA) is 15.3 Å². The van der Waals surface area contributed by atoms with Gasteiger partial charge in [0.05, 0.1) is 0 Å². The van der Waals surface area contributed by atoms with Crippen LogP contribution in [0.2, 0.25) is 0 Å². The number of hydrogen-bond acceptors (Lipinski definition) is 2. The van der Waals surface area contributed by atoms with Crippen LogP contribution in [0.3, 0.4) is 0 Å². The second-order valence-electron chi connectivity index (χ2n) is 7.13. The maximum atomic E-state index is 3.44. The fraction of sp³-hybridized carbons (Fsp3) is 1.00. The maximum absolute atomic E-state index is 3.44. The molecule has 2 aliphatic rings. The Balaban J connectivity index is 1.80. The van der Waals surface area contributed by atoms with Gasteiger partial charge in [-0.15, -0.1) is 0 Å². The summed E-state index contributed by atoms with van der Waals surface area (Å²) in [6.07, 6.45) is 6.97. The monoisotopic (exact) mass is 238 g/mol. The molecule has 100 valence electrons. The standard InChI is InChI=1S/C15H30N2/c1-15(2,3)12-7-9-17(10-8-12)14-6-5-13(11-14)16-4/h12-14,16H,5-11H2,1-4H3. The molecule has 1 heterocycles. The Labute approximate surface area is 107 Å². The van der Waals surface area contributed by atoms with E-state index in [4.69, 9.17) is 0 Å². The van der Waals surface area contributed by atoms with Crippen LogP contribution in [0.4, 0.5) is 0 Å². The summed E-state index contributed by atoms with van der Waals surface area (Å²) < 4.78 is 0. The molecule has 0 aromatic rings. The number of likely N-dealkylation sites (tertiary alicyclic amines) is 1. The summed E-state index contributed by atoms with van der Waals surface area (Å²) in [5, 5.41) is 3.44. The molecule has 2 fully saturated rings. The van der Waals surface area contributed by atoms with Gasteiger partial charge in [-0.2, -0.15) is 0 Å². The van der Waals surface area contributed by atoms with E-state index in [1.165, 1.54) is 45.2 Å². The highest BCUT2D eigenvalue weighted by atomic mass is 15.2. The van der Waals surface area contributed by atoms with Crippen molar-refractivity contribution in [2.45, 2.75) is 65.0 Å². The highest BCUT2D eigenvalue weighted by Gasteiger charge is 2.33. The predicted octanol–water partition coefficient (Wildman–Crippen LogP) is 2.89. The third-order valence-electron chi connectivity index (χ3n) is 5.08. The van der Waals surface area contributed by atoms with Crippen LogP contribution in [-0.2, 0) is 0 Å². The van der Waals surface area contributed by atoms with Crippen molar-refractivity contribution in [2.75, 3.05) is 20.1 Å². The van der Waals surface area contributed by atoms with Crippen molar-refractivity contribution in [3.05, 3.63) is 0 Å². The van der Waals surface area contributed by atoms with Crippen molar-refractivity contribution < 1.29 is 0 Å². The Morgan fingerprint density at radius 1 is 1.00 bits per heavy atom. The van der Waals surface area contributed by atoms with Crippen LogP contribution in [0.1, 0.15) is 52.9 Å². The molecule has 2 heteroatoms. The van der Waals surface area contributed by atoms with Crippen LogP contribution in [0.15, 0.2) is 0 Å². The zero-order valence-corrected chi connectivity index (χ0v) is 12.1. The zero-order chi connectivity index (χ0) is 12.5. The molecule has 2 rings (SSSR count). The van der Waals surface area contributed by atoms with Crippen LogP contribution in [-0.4, -0.2) is 37.1 Å². The molecule has 1 saturated heterocycles. The first kappa shape index (κ1) is 13.4. The van der Waals surface area contributed by atoms with Crippen LogP contribution >= 0.6 is 0 Å². The summed E-state index contributed by atoms with van der Waals surface area (Å²) in [6.45, 7) is 9.88. The minimum Gasteiger partial charge on any atom is -0.317 e. The van der Waals surface area contributed by atoms with Crippen LogP contribution < -0.4 is 5.32 Å². The quantitative estimate of drug-likeness (QED) is 0.796. The number of nitrogens with zero attached hydrogens (tertiary/aromatic N) is 1. The van der Waals surface area contributed by atoms with Gasteiger partial charge in [0.2, 0.25) is 0 Å². The molecular formula is C15H30N2. The lowest BCUT2D eigenvalue weighted by molar-refractivity contribution is 0.0836. The van der Waals surface area contributed by atoms with Gasteiger partial charge in [-0.1, -0.05) is 20.8 Å². The summed E-state index contributed by atoms with van der Waals surface area (Å²) >= 11 is 0. The summed E-state index contributed by atoms with van der Waals surface area (Å²) in [5.41, 5.74) is 0.509. The Kier molecular flexibility index (Phi) is 4.14. The van der Waals surface area contributed by atoms with Crippen molar-refractivity contribution in [3.63, 3.8) is 0 Å². The Hall–Kier alpha value is -0.0800. The van der Waals surface area contributed by atoms with Gasteiger partial charge in [0.1, 0.15) is 0 Å². The summed E-state index contributed by atoms with van der Waals surface area (Å²) in [7, 11) is 2.11. The minimum absolute atomic E-state index is 0.509. The van der Waals surface area contributed by atoms with Crippen LogP contribution in [0.25, 0.3) is 0 Å². The van der Waals surface area contributed by atoms with Gasteiger partial charge >= 0.3 is 0 Å². The molecule has 1 aliphatic carbocycles. The third-order valence-corrected chi connectivity index (χ3v) is 5.08. The highest BCUT2D eigenvalue weighted by molar-refractivity contribution is 4.89. The van der Waals surface area contributed by atoms with E-state index in [1.807, 2.05) is 0 Å². The molecule has 2 atom stereocenters. The lowest BCUT2D eigenvalue weighted by Gasteiger charge is -2.41. The smallest absolute Gasteiger partial charge is 0.0111 e. The number of hydrogen-bond donors (Lipinski definition) is 1. The molecule has 17 heavy (non-hydrogen) atoms. The molecule has 0 aromatic heterocycles. The molecule has 0 aromatic carbocycles. The molecule has 2 unspecified atom stereocenters. The second kappa shape index (κ2) is 5.27. The minimum atomic E-state index is 0.509. The number of nitrogens with one attached hydrogen (secondary N) is 1. The SMILES string of the molecule is CNC1CCC(N2CCC(C(C)(C)C)CC2)C1. The van der Waals surface area contributed by atoms with Crippen LogP contribution in [0.5, 0.6) is 0 Å². The molecule has 1 saturated carbocycles. The van der Waals surface area contributed by atoms with Crippen molar-refractivity contribution in [3.8, 4) is 0 Å². The molecule has 0 spiro atoms. The largest absolute Gasteiger partial charge is 0.317 e. The molecule has 2 nitrogen and oxygen atoms in total. The van der Waals surface area contributed by atoms with Crippen molar-refractivity contribution in [2.24, 2.45) is 11.3 Å². The molecule has 0 amide bonds. The van der Waals surface area contributed by atoms with Gasteiger partial charge in [-0.05, 0) is 63.6 Å². The molecule has 1 aliphatic heterocycles. The van der Waals surface area contributed by atoms with Crippen molar-refractivity contribution in [1.82, 2.24) is 10.2 Å². The van der Waals surface area contributed by atoms with E-state index in [1.54, 1.807) is 0 Å². The summed E-state index contributed by atoms with van der Waals surface area (Å²) in [6, 6.07) is 1.65. The van der Waals surface area contributed by atoms with Crippen molar-refractivity contribution in [1.29, 1.82) is 0 Å². The maximum Gasteiger partial charge on any atom is 0.0111 e. The second-order valence-corrected chi connectivity index (χ2v) is 7.13. The molecular weight excluding hydrogens is 208 g/mol. The molecule has 0 bridgehead atoms. The zero-order valence-electron chi connectivity index (χ0n) is 12.1. The third kappa shape index (κ3) is 3.23. The van der Waals surface area contributed by atoms with E-state index < -0.39 is 0 Å². The summed E-state index contributed by atoms with van der Waals surface area (Å²) in [4.78, 5) is 2.76. The van der Waals surface area contributed by atoms with Crippen molar-refractivity contribution >= 4 is 0 Å². The van der Waals surface area contributed by atoms with Gasteiger partial charge in [0.15, 0.2) is 0 Å². The highest BCUT2D eigenvalue weighted by Crippen LogP contribution is 2.36. The van der Waals surface area contributed by atoms with Gasteiger partial charge in [-0.25, -0.2) is 0 Å². The van der Waals surface area contributed by atoms with E-state index in [-0.39, 0.29) is 0 Å². The van der Waals surface area contributed by atoms with Gasteiger partial charge in [0.25, 0.3) is 0 Å². The average Bonchev–Trinajstić information content (AvgIpc) is 2.76. The van der Waals surface area contributed by atoms with E-state index in [9.17, 15) is 0 Å². The number of rotatable bonds is 2. The van der Waals surface area contributed by atoms with E-state index in [0.29, 0.717) is 5.41 Å². The first-order chi connectivity index (χ1) is 8.00. The average molecular weight is 238 g/mol. The van der Waals surface area contributed by atoms with Gasteiger partial charge in [-0.3, -0.25) is 0 Å².